The van der Waals surface area contributed by atoms with Gasteiger partial charge in [-0.05, 0) is 25.0 Å². The van der Waals surface area contributed by atoms with Gasteiger partial charge in [-0.15, -0.1) is 35.3 Å². The fourth-order valence-corrected chi connectivity index (χ4v) is 3.45. The molecule has 7 heteroatoms. The number of thiophene rings is 1. The van der Waals surface area contributed by atoms with Gasteiger partial charge >= 0.3 is 0 Å². The fraction of sp³-hybridized carbons (Fsp3) is 0.529. The molecule has 24 heavy (non-hydrogen) atoms. The van der Waals surface area contributed by atoms with Gasteiger partial charge < -0.3 is 10.2 Å². The highest BCUT2D eigenvalue weighted by molar-refractivity contribution is 14.0. The van der Waals surface area contributed by atoms with E-state index in [0.29, 0.717) is 5.92 Å². The van der Waals surface area contributed by atoms with Crippen LogP contribution >= 0.6 is 35.3 Å². The van der Waals surface area contributed by atoms with Crippen LogP contribution in [-0.4, -0.2) is 34.7 Å². The molecule has 134 valence electrons. The predicted molar refractivity (Wildman–Crippen MR) is 113 cm³/mol. The number of hydrogen-bond acceptors (Lipinski definition) is 3. The number of aliphatic imine (C=N–C) groups is 1. The molecule has 0 amide bonds. The van der Waals surface area contributed by atoms with E-state index in [9.17, 15) is 0 Å². The summed E-state index contributed by atoms with van der Waals surface area (Å²) in [4.78, 5) is 9.19. The highest BCUT2D eigenvalue weighted by Gasteiger charge is 2.15. The number of nitrogens with zero attached hydrogens (tertiary/aromatic N) is 4. The van der Waals surface area contributed by atoms with Crippen molar-refractivity contribution in [1.82, 2.24) is 20.0 Å². The number of aromatic nitrogens is 2. The third-order valence-corrected chi connectivity index (χ3v) is 4.68. The lowest BCUT2D eigenvalue weighted by Crippen LogP contribution is -2.38. The third-order valence-electron chi connectivity index (χ3n) is 3.68. The van der Waals surface area contributed by atoms with Gasteiger partial charge in [0.25, 0.3) is 0 Å². The number of halogens is 1. The van der Waals surface area contributed by atoms with Crippen LogP contribution in [-0.2, 0) is 20.1 Å². The molecule has 2 heterocycles. The Morgan fingerprint density at radius 1 is 1.42 bits per heavy atom. The number of nitrogens with one attached hydrogen (secondary N) is 1. The van der Waals surface area contributed by atoms with Crippen molar-refractivity contribution in [3.63, 3.8) is 0 Å². The van der Waals surface area contributed by atoms with E-state index in [-0.39, 0.29) is 24.0 Å². The van der Waals surface area contributed by atoms with Crippen LogP contribution < -0.4 is 5.32 Å². The molecule has 2 aromatic heterocycles. The molecule has 5 nitrogen and oxygen atoms in total. The first kappa shape index (κ1) is 21.0. The molecule has 1 N–H and O–H groups in total. The molecular weight excluding hydrogens is 433 g/mol. The third kappa shape index (κ3) is 5.47. The lowest BCUT2D eigenvalue weighted by molar-refractivity contribution is 0.473. The number of guanidine groups is 1. The summed E-state index contributed by atoms with van der Waals surface area (Å²) in [7, 11) is 5.86. The molecule has 0 bridgehead atoms. The number of aryl methyl sites for hydroxylation is 2. The van der Waals surface area contributed by atoms with Crippen molar-refractivity contribution in [3.8, 4) is 0 Å². The standard InChI is InChI=1S/C17H27N5S.HI/c1-12(2)16-14(11-22(6)20-16)10-21(5)17(18-4)19-9-15-8-7-13(3)23-15;/h7-8,11-12H,9-10H2,1-6H3,(H,18,19);1H. The molecule has 0 unspecified atom stereocenters. The summed E-state index contributed by atoms with van der Waals surface area (Å²) < 4.78 is 1.89. The summed E-state index contributed by atoms with van der Waals surface area (Å²) in [5, 5.41) is 8.01. The van der Waals surface area contributed by atoms with Gasteiger partial charge in [0.05, 0.1) is 12.2 Å². The van der Waals surface area contributed by atoms with Crippen LogP contribution in [0.4, 0.5) is 0 Å². The first-order valence-electron chi connectivity index (χ1n) is 7.90. The molecule has 0 aromatic carbocycles. The average molecular weight is 461 g/mol. The van der Waals surface area contributed by atoms with E-state index in [1.54, 1.807) is 0 Å². The zero-order chi connectivity index (χ0) is 17.0. The van der Waals surface area contributed by atoms with Crippen molar-refractivity contribution in [2.45, 2.75) is 39.8 Å². The van der Waals surface area contributed by atoms with Crippen molar-refractivity contribution in [3.05, 3.63) is 39.3 Å². The fourth-order valence-electron chi connectivity index (χ4n) is 2.62. The molecule has 2 rings (SSSR count). The van der Waals surface area contributed by atoms with Crippen LogP contribution in [0.2, 0.25) is 0 Å². The van der Waals surface area contributed by atoms with Gasteiger partial charge in [0, 0.05) is 49.2 Å². The number of hydrogen-bond donors (Lipinski definition) is 1. The lowest BCUT2D eigenvalue weighted by atomic mass is 10.1. The first-order chi connectivity index (χ1) is 10.9. The van der Waals surface area contributed by atoms with E-state index in [1.807, 2.05) is 30.1 Å². The molecule has 0 spiro atoms. The summed E-state index contributed by atoms with van der Waals surface area (Å²) in [5.74, 6) is 1.32. The minimum atomic E-state index is 0. The van der Waals surface area contributed by atoms with Gasteiger partial charge in [-0.1, -0.05) is 13.8 Å². The van der Waals surface area contributed by atoms with Gasteiger partial charge in [-0.2, -0.15) is 5.10 Å². The van der Waals surface area contributed by atoms with Crippen molar-refractivity contribution in [1.29, 1.82) is 0 Å². The van der Waals surface area contributed by atoms with Crippen molar-refractivity contribution >= 4 is 41.3 Å². The SMILES string of the molecule is CN=C(NCc1ccc(C)s1)N(C)Cc1cn(C)nc1C(C)C.I. The Balaban J connectivity index is 0.00000288. The normalized spacial score (nSPS) is 11.5. The second-order valence-electron chi connectivity index (χ2n) is 6.14. The zero-order valence-corrected chi connectivity index (χ0v) is 18.5. The van der Waals surface area contributed by atoms with Gasteiger partial charge in [-0.25, -0.2) is 0 Å². The maximum atomic E-state index is 4.58. The number of rotatable bonds is 5. The van der Waals surface area contributed by atoms with Crippen molar-refractivity contribution in [2.24, 2.45) is 12.0 Å². The summed E-state index contributed by atoms with van der Waals surface area (Å²) in [6, 6.07) is 4.32. The second kappa shape index (κ2) is 9.41. The predicted octanol–water partition coefficient (Wildman–Crippen LogP) is 3.74. The highest BCUT2D eigenvalue weighted by atomic mass is 127. The molecule has 0 radical (unpaired) electrons. The van der Waals surface area contributed by atoms with E-state index in [0.717, 1.165) is 24.7 Å². The largest absolute Gasteiger partial charge is 0.351 e. The topological polar surface area (TPSA) is 45.5 Å². The molecule has 0 saturated carbocycles. The smallest absolute Gasteiger partial charge is 0.193 e. The van der Waals surface area contributed by atoms with Gasteiger partial charge in [0.15, 0.2) is 5.96 Å². The summed E-state index contributed by atoms with van der Waals surface area (Å²) in [6.07, 6.45) is 2.10. The quantitative estimate of drug-likeness (QED) is 0.419. The van der Waals surface area contributed by atoms with E-state index in [2.05, 4.69) is 66.5 Å². The Kier molecular flexibility index (Phi) is 8.21. The molecule has 0 aliphatic heterocycles. The molecule has 0 aliphatic carbocycles. The van der Waals surface area contributed by atoms with E-state index in [1.165, 1.54) is 15.3 Å². The lowest BCUT2D eigenvalue weighted by Gasteiger charge is -2.22. The Labute approximate surface area is 166 Å². The van der Waals surface area contributed by atoms with E-state index >= 15 is 0 Å². The summed E-state index contributed by atoms with van der Waals surface area (Å²) in [5.41, 5.74) is 2.41. The van der Waals surface area contributed by atoms with E-state index < -0.39 is 0 Å². The Hall–Kier alpha value is -1.09. The minimum Gasteiger partial charge on any atom is -0.351 e. The van der Waals surface area contributed by atoms with Gasteiger partial charge in [-0.3, -0.25) is 9.67 Å². The van der Waals surface area contributed by atoms with Crippen LogP contribution in [0.3, 0.4) is 0 Å². The average Bonchev–Trinajstić information content (AvgIpc) is 3.05. The maximum absolute atomic E-state index is 4.58. The Bertz CT molecular complexity index is 674. The summed E-state index contributed by atoms with van der Waals surface area (Å²) in [6.45, 7) is 8.09. The van der Waals surface area contributed by atoms with E-state index in [4.69, 9.17) is 0 Å². The van der Waals surface area contributed by atoms with Crippen molar-refractivity contribution < 1.29 is 0 Å². The van der Waals surface area contributed by atoms with Crippen LogP contribution in [0, 0.1) is 6.92 Å². The molecule has 0 saturated heterocycles. The summed E-state index contributed by atoms with van der Waals surface area (Å²) >= 11 is 1.82. The molecule has 2 aromatic rings. The first-order valence-corrected chi connectivity index (χ1v) is 8.72. The maximum Gasteiger partial charge on any atom is 0.193 e. The van der Waals surface area contributed by atoms with Crippen molar-refractivity contribution in [2.75, 3.05) is 14.1 Å². The minimum absolute atomic E-state index is 0. The Morgan fingerprint density at radius 3 is 2.67 bits per heavy atom. The van der Waals surface area contributed by atoms with Crippen LogP contribution in [0.15, 0.2) is 23.3 Å². The van der Waals surface area contributed by atoms with Crippen LogP contribution in [0.1, 0.15) is 40.8 Å². The van der Waals surface area contributed by atoms with Gasteiger partial charge in [0.1, 0.15) is 0 Å². The van der Waals surface area contributed by atoms with Crippen LogP contribution in [0.25, 0.3) is 0 Å². The molecule has 0 aliphatic rings. The molecule has 0 atom stereocenters. The Morgan fingerprint density at radius 2 is 2.12 bits per heavy atom. The second-order valence-corrected chi connectivity index (χ2v) is 7.51. The zero-order valence-electron chi connectivity index (χ0n) is 15.3. The molecule has 0 fully saturated rings. The highest BCUT2D eigenvalue weighted by Crippen LogP contribution is 2.19. The van der Waals surface area contributed by atoms with Crippen LogP contribution in [0.5, 0.6) is 0 Å². The molecular formula is C17H28IN5S. The van der Waals surface area contributed by atoms with Gasteiger partial charge in [0.2, 0.25) is 0 Å². The monoisotopic (exact) mass is 461 g/mol.